The molecule has 0 radical (unpaired) electrons. The standard InChI is InChI=1S/C18H28N2S/c1-13(2)11-19-12-14(18(3,4)5)10-17-20-15-8-6-7-9-16(15)21-17/h6-9,13-14,19H,10-12H2,1-5H3. The molecule has 0 saturated carbocycles. The molecule has 0 aliphatic heterocycles. The lowest BCUT2D eigenvalue weighted by atomic mass is 9.79. The highest BCUT2D eigenvalue weighted by Crippen LogP contribution is 2.31. The Hall–Kier alpha value is -0.930. The van der Waals surface area contributed by atoms with Crippen molar-refractivity contribution >= 4 is 21.6 Å². The maximum Gasteiger partial charge on any atom is 0.0942 e. The van der Waals surface area contributed by atoms with Gasteiger partial charge >= 0.3 is 0 Å². The Balaban J connectivity index is 2.07. The van der Waals surface area contributed by atoms with Crippen molar-refractivity contribution in [2.45, 2.75) is 41.0 Å². The summed E-state index contributed by atoms with van der Waals surface area (Å²) < 4.78 is 1.30. The Labute approximate surface area is 133 Å². The third kappa shape index (κ3) is 4.79. The molecule has 0 saturated heterocycles. The molecule has 0 spiro atoms. The highest BCUT2D eigenvalue weighted by molar-refractivity contribution is 7.18. The summed E-state index contributed by atoms with van der Waals surface area (Å²) in [5, 5.41) is 4.89. The average molecular weight is 305 g/mol. The SMILES string of the molecule is CC(C)CNCC(Cc1nc2ccccc2s1)C(C)(C)C. The summed E-state index contributed by atoms with van der Waals surface area (Å²) >= 11 is 1.84. The van der Waals surface area contributed by atoms with Crippen LogP contribution in [0.5, 0.6) is 0 Å². The third-order valence-corrected chi connectivity index (χ3v) is 4.99. The zero-order valence-corrected chi connectivity index (χ0v) is 14.8. The summed E-state index contributed by atoms with van der Waals surface area (Å²) in [5.74, 6) is 1.31. The maximum atomic E-state index is 4.80. The van der Waals surface area contributed by atoms with Crippen molar-refractivity contribution < 1.29 is 0 Å². The van der Waals surface area contributed by atoms with Crippen LogP contribution in [0.4, 0.5) is 0 Å². The van der Waals surface area contributed by atoms with Gasteiger partial charge in [0.15, 0.2) is 0 Å². The van der Waals surface area contributed by atoms with Crippen LogP contribution in [0, 0.1) is 17.3 Å². The van der Waals surface area contributed by atoms with E-state index in [0.717, 1.165) is 25.0 Å². The van der Waals surface area contributed by atoms with E-state index >= 15 is 0 Å². The Morgan fingerprint density at radius 3 is 2.48 bits per heavy atom. The minimum absolute atomic E-state index is 0.293. The summed E-state index contributed by atoms with van der Waals surface area (Å²) in [5.41, 5.74) is 1.43. The quantitative estimate of drug-likeness (QED) is 0.833. The number of hydrogen-bond acceptors (Lipinski definition) is 3. The molecule has 116 valence electrons. The van der Waals surface area contributed by atoms with Gasteiger partial charge in [0.25, 0.3) is 0 Å². The third-order valence-electron chi connectivity index (χ3n) is 3.93. The molecule has 1 aromatic carbocycles. The molecule has 3 heteroatoms. The second-order valence-corrected chi connectivity index (χ2v) is 8.51. The normalized spacial score (nSPS) is 14.0. The van der Waals surface area contributed by atoms with E-state index in [1.165, 1.54) is 9.71 Å². The molecule has 1 heterocycles. The number of para-hydroxylation sites is 1. The number of hydrogen-bond donors (Lipinski definition) is 1. The van der Waals surface area contributed by atoms with E-state index in [-0.39, 0.29) is 0 Å². The van der Waals surface area contributed by atoms with Crippen LogP contribution >= 0.6 is 11.3 Å². The van der Waals surface area contributed by atoms with Gasteiger partial charge in [-0.1, -0.05) is 46.8 Å². The van der Waals surface area contributed by atoms with Crippen LogP contribution in [-0.2, 0) is 6.42 Å². The van der Waals surface area contributed by atoms with E-state index in [1.54, 1.807) is 0 Å². The van der Waals surface area contributed by atoms with E-state index in [2.05, 4.69) is 64.2 Å². The highest BCUT2D eigenvalue weighted by atomic mass is 32.1. The summed E-state index contributed by atoms with van der Waals surface area (Å²) in [6.07, 6.45) is 1.06. The predicted molar refractivity (Wildman–Crippen MR) is 94.0 cm³/mol. The number of aromatic nitrogens is 1. The lowest BCUT2D eigenvalue weighted by molar-refractivity contribution is 0.228. The summed E-state index contributed by atoms with van der Waals surface area (Å²) in [6, 6.07) is 8.44. The molecule has 2 aromatic rings. The molecular formula is C18H28N2S. The molecule has 1 atom stereocenters. The molecule has 0 aliphatic carbocycles. The Morgan fingerprint density at radius 1 is 1.14 bits per heavy atom. The summed E-state index contributed by atoms with van der Waals surface area (Å²) in [6.45, 7) is 13.7. The largest absolute Gasteiger partial charge is 0.316 e. The minimum atomic E-state index is 0.293. The second-order valence-electron chi connectivity index (χ2n) is 7.39. The summed E-state index contributed by atoms with van der Waals surface area (Å²) in [4.78, 5) is 4.80. The van der Waals surface area contributed by atoms with Crippen molar-refractivity contribution in [1.29, 1.82) is 0 Å². The van der Waals surface area contributed by atoms with E-state index in [9.17, 15) is 0 Å². The Bertz CT molecular complexity index is 533. The number of nitrogens with zero attached hydrogens (tertiary/aromatic N) is 1. The van der Waals surface area contributed by atoms with Crippen LogP contribution in [0.15, 0.2) is 24.3 Å². The molecule has 0 amide bonds. The van der Waals surface area contributed by atoms with Crippen molar-refractivity contribution in [3.63, 3.8) is 0 Å². The fourth-order valence-electron chi connectivity index (χ4n) is 2.45. The molecule has 1 N–H and O–H groups in total. The van der Waals surface area contributed by atoms with E-state index in [0.29, 0.717) is 17.3 Å². The fraction of sp³-hybridized carbons (Fsp3) is 0.611. The van der Waals surface area contributed by atoms with Gasteiger partial charge in [-0.25, -0.2) is 4.98 Å². The molecule has 1 aromatic heterocycles. The molecule has 21 heavy (non-hydrogen) atoms. The van der Waals surface area contributed by atoms with E-state index in [4.69, 9.17) is 4.98 Å². The number of thiazole rings is 1. The van der Waals surface area contributed by atoms with Crippen molar-refractivity contribution in [1.82, 2.24) is 10.3 Å². The van der Waals surface area contributed by atoms with Gasteiger partial charge < -0.3 is 5.32 Å². The lowest BCUT2D eigenvalue weighted by Gasteiger charge is -2.30. The number of benzene rings is 1. The van der Waals surface area contributed by atoms with Crippen LogP contribution in [0.2, 0.25) is 0 Å². The van der Waals surface area contributed by atoms with Gasteiger partial charge in [0.1, 0.15) is 0 Å². The first-order valence-electron chi connectivity index (χ1n) is 7.91. The number of rotatable bonds is 6. The summed E-state index contributed by atoms with van der Waals surface area (Å²) in [7, 11) is 0. The van der Waals surface area contributed by atoms with Crippen molar-refractivity contribution in [3.05, 3.63) is 29.3 Å². The van der Waals surface area contributed by atoms with Crippen LogP contribution < -0.4 is 5.32 Å². The van der Waals surface area contributed by atoms with Crippen LogP contribution in [-0.4, -0.2) is 18.1 Å². The first kappa shape index (κ1) is 16.4. The van der Waals surface area contributed by atoms with E-state index in [1.807, 2.05) is 11.3 Å². The smallest absolute Gasteiger partial charge is 0.0942 e. The van der Waals surface area contributed by atoms with Gasteiger partial charge in [0.05, 0.1) is 15.2 Å². The van der Waals surface area contributed by atoms with Gasteiger partial charge in [0.2, 0.25) is 0 Å². The monoisotopic (exact) mass is 304 g/mol. The Morgan fingerprint density at radius 2 is 1.86 bits per heavy atom. The zero-order chi connectivity index (χ0) is 15.5. The predicted octanol–water partition coefficient (Wildman–Crippen LogP) is 4.75. The Kier molecular flexibility index (Phi) is 5.39. The van der Waals surface area contributed by atoms with Crippen molar-refractivity contribution in [2.75, 3.05) is 13.1 Å². The average Bonchev–Trinajstić information content (AvgIpc) is 2.78. The molecular weight excluding hydrogens is 276 g/mol. The van der Waals surface area contributed by atoms with Gasteiger partial charge in [-0.05, 0) is 42.5 Å². The van der Waals surface area contributed by atoms with Gasteiger partial charge in [-0.3, -0.25) is 0 Å². The first-order chi connectivity index (χ1) is 9.86. The van der Waals surface area contributed by atoms with Crippen LogP contribution in [0.3, 0.4) is 0 Å². The maximum absolute atomic E-state index is 4.80. The van der Waals surface area contributed by atoms with Gasteiger partial charge in [0, 0.05) is 6.42 Å². The highest BCUT2D eigenvalue weighted by Gasteiger charge is 2.25. The lowest BCUT2D eigenvalue weighted by Crippen LogP contribution is -2.34. The zero-order valence-electron chi connectivity index (χ0n) is 13.9. The minimum Gasteiger partial charge on any atom is -0.316 e. The van der Waals surface area contributed by atoms with E-state index < -0.39 is 0 Å². The molecule has 2 rings (SSSR count). The topological polar surface area (TPSA) is 24.9 Å². The number of fused-ring (bicyclic) bond motifs is 1. The fourth-order valence-corrected chi connectivity index (χ4v) is 3.50. The molecule has 2 nitrogen and oxygen atoms in total. The molecule has 0 fully saturated rings. The van der Waals surface area contributed by atoms with Crippen molar-refractivity contribution in [3.8, 4) is 0 Å². The van der Waals surface area contributed by atoms with Gasteiger partial charge in [-0.2, -0.15) is 0 Å². The molecule has 1 unspecified atom stereocenters. The second kappa shape index (κ2) is 6.89. The van der Waals surface area contributed by atoms with Crippen LogP contribution in [0.25, 0.3) is 10.2 Å². The van der Waals surface area contributed by atoms with Gasteiger partial charge in [-0.15, -0.1) is 11.3 Å². The molecule has 0 aliphatic rings. The molecule has 0 bridgehead atoms. The van der Waals surface area contributed by atoms with Crippen molar-refractivity contribution in [2.24, 2.45) is 17.3 Å². The first-order valence-corrected chi connectivity index (χ1v) is 8.73. The number of nitrogens with one attached hydrogen (secondary N) is 1. The van der Waals surface area contributed by atoms with Crippen LogP contribution in [0.1, 0.15) is 39.6 Å².